The number of nitrogens with one attached hydrogen (secondary N) is 3. The molecule has 10 heteroatoms. The molecule has 2 heterocycles. The molecule has 0 aliphatic carbocycles. The lowest BCUT2D eigenvalue weighted by Gasteiger charge is -2.14. The Bertz CT molecular complexity index is 677. The van der Waals surface area contributed by atoms with Crippen LogP contribution < -0.4 is 16.0 Å². The molecule has 2 aromatic heterocycles. The number of thiophene rings is 1. The standard InChI is InChI=1S/C16H20F3N5S.HI/c1-2-20-15(24-10-12-5-9-25-11-12)23-8-7-22-14-13(16(17,18)19)4-3-6-21-14;/h3-6,9,11H,2,7-8,10H2,1H3,(H,21,22)(H2,20,23,24);1H. The second-order valence-corrected chi connectivity index (χ2v) is 5.86. The highest BCUT2D eigenvalue weighted by molar-refractivity contribution is 14.0. The highest BCUT2D eigenvalue weighted by Gasteiger charge is 2.33. The van der Waals surface area contributed by atoms with Gasteiger partial charge in [0.1, 0.15) is 5.82 Å². The molecule has 5 nitrogen and oxygen atoms in total. The van der Waals surface area contributed by atoms with Gasteiger partial charge in [0.25, 0.3) is 0 Å². The SMILES string of the molecule is CCNC(=NCc1ccsc1)NCCNc1ncccc1C(F)(F)F.I. The Balaban J connectivity index is 0.00000338. The van der Waals surface area contributed by atoms with E-state index in [1.165, 1.54) is 12.3 Å². The van der Waals surface area contributed by atoms with E-state index in [-0.39, 0.29) is 36.3 Å². The molecule has 0 atom stereocenters. The van der Waals surface area contributed by atoms with E-state index in [9.17, 15) is 13.2 Å². The first kappa shape index (κ1) is 22.5. The molecule has 0 saturated carbocycles. The molecule has 0 saturated heterocycles. The van der Waals surface area contributed by atoms with E-state index < -0.39 is 11.7 Å². The number of alkyl halides is 3. The van der Waals surface area contributed by atoms with Gasteiger partial charge in [0.2, 0.25) is 0 Å². The quantitative estimate of drug-likeness (QED) is 0.234. The number of aliphatic imine (C=N–C) groups is 1. The largest absolute Gasteiger partial charge is 0.419 e. The van der Waals surface area contributed by atoms with Crippen LogP contribution in [0, 0.1) is 0 Å². The Morgan fingerprint density at radius 2 is 2.04 bits per heavy atom. The van der Waals surface area contributed by atoms with E-state index in [1.807, 2.05) is 23.8 Å². The van der Waals surface area contributed by atoms with E-state index in [2.05, 4.69) is 25.9 Å². The van der Waals surface area contributed by atoms with E-state index in [1.54, 1.807) is 11.3 Å². The Labute approximate surface area is 171 Å². The number of halogens is 4. The molecule has 0 bridgehead atoms. The third-order valence-corrected chi connectivity index (χ3v) is 3.90. The van der Waals surface area contributed by atoms with Gasteiger partial charge < -0.3 is 16.0 Å². The maximum atomic E-state index is 12.9. The van der Waals surface area contributed by atoms with Crippen LogP contribution >= 0.6 is 35.3 Å². The normalized spacial score (nSPS) is 11.6. The zero-order chi connectivity index (χ0) is 18.1. The van der Waals surface area contributed by atoms with Crippen LogP contribution in [0.2, 0.25) is 0 Å². The number of hydrogen-bond donors (Lipinski definition) is 3. The Hall–Kier alpha value is -1.56. The summed E-state index contributed by atoms with van der Waals surface area (Å²) in [6.07, 6.45) is -3.10. The van der Waals surface area contributed by atoms with Crippen LogP contribution in [-0.4, -0.2) is 30.6 Å². The summed E-state index contributed by atoms with van der Waals surface area (Å²) in [7, 11) is 0. The van der Waals surface area contributed by atoms with Crippen LogP contribution in [0.5, 0.6) is 0 Å². The van der Waals surface area contributed by atoms with Gasteiger partial charge in [0, 0.05) is 25.8 Å². The van der Waals surface area contributed by atoms with Crippen LogP contribution in [0.25, 0.3) is 0 Å². The Kier molecular flexibility index (Phi) is 9.70. The highest BCUT2D eigenvalue weighted by Crippen LogP contribution is 2.33. The highest BCUT2D eigenvalue weighted by atomic mass is 127. The lowest BCUT2D eigenvalue weighted by molar-refractivity contribution is -0.137. The monoisotopic (exact) mass is 499 g/mol. The minimum atomic E-state index is -4.43. The number of nitrogens with zero attached hydrogens (tertiary/aromatic N) is 2. The van der Waals surface area contributed by atoms with Crippen LogP contribution in [0.1, 0.15) is 18.1 Å². The molecule has 3 N–H and O–H groups in total. The van der Waals surface area contributed by atoms with Crippen molar-refractivity contribution in [3.8, 4) is 0 Å². The molecule has 0 fully saturated rings. The second kappa shape index (κ2) is 11.2. The topological polar surface area (TPSA) is 61.3 Å². The molecular formula is C16H21F3IN5S. The summed E-state index contributed by atoms with van der Waals surface area (Å²) in [6.45, 7) is 3.88. The number of hydrogen-bond acceptors (Lipinski definition) is 4. The smallest absolute Gasteiger partial charge is 0.368 e. The average Bonchev–Trinajstić information content (AvgIpc) is 3.09. The van der Waals surface area contributed by atoms with Crippen LogP contribution in [-0.2, 0) is 12.7 Å². The molecule has 26 heavy (non-hydrogen) atoms. The number of anilines is 1. The summed E-state index contributed by atoms with van der Waals surface area (Å²) >= 11 is 1.61. The van der Waals surface area contributed by atoms with E-state index in [0.29, 0.717) is 25.6 Å². The number of aromatic nitrogens is 1. The maximum absolute atomic E-state index is 12.9. The Morgan fingerprint density at radius 1 is 1.23 bits per heavy atom. The van der Waals surface area contributed by atoms with Crippen LogP contribution in [0.4, 0.5) is 19.0 Å². The molecule has 2 aromatic rings. The summed E-state index contributed by atoms with van der Waals surface area (Å²) in [5.41, 5.74) is 0.344. The lowest BCUT2D eigenvalue weighted by atomic mass is 10.2. The fourth-order valence-corrected chi connectivity index (χ4v) is 2.69. The van der Waals surface area contributed by atoms with Crippen molar-refractivity contribution in [2.24, 2.45) is 4.99 Å². The molecule has 0 aromatic carbocycles. The zero-order valence-electron chi connectivity index (χ0n) is 14.1. The first-order valence-corrected chi connectivity index (χ1v) is 8.74. The van der Waals surface area contributed by atoms with Crippen molar-refractivity contribution in [2.75, 3.05) is 25.0 Å². The van der Waals surface area contributed by atoms with Gasteiger partial charge in [-0.3, -0.25) is 0 Å². The molecule has 0 radical (unpaired) electrons. The predicted octanol–water partition coefficient (Wildman–Crippen LogP) is 3.95. The minimum Gasteiger partial charge on any atom is -0.368 e. The molecule has 0 amide bonds. The number of pyridine rings is 1. The third kappa shape index (κ3) is 7.36. The summed E-state index contributed by atoms with van der Waals surface area (Å²) in [4.78, 5) is 8.20. The van der Waals surface area contributed by atoms with Crippen molar-refractivity contribution < 1.29 is 13.2 Å². The summed E-state index contributed by atoms with van der Waals surface area (Å²) in [6, 6.07) is 4.28. The van der Waals surface area contributed by atoms with Gasteiger partial charge in [-0.1, -0.05) is 0 Å². The van der Waals surface area contributed by atoms with Gasteiger partial charge in [0.15, 0.2) is 5.96 Å². The van der Waals surface area contributed by atoms with E-state index in [0.717, 1.165) is 11.6 Å². The summed E-state index contributed by atoms with van der Waals surface area (Å²) in [5, 5.41) is 12.9. The van der Waals surface area contributed by atoms with Gasteiger partial charge >= 0.3 is 6.18 Å². The molecule has 144 valence electrons. The second-order valence-electron chi connectivity index (χ2n) is 5.08. The maximum Gasteiger partial charge on any atom is 0.419 e. The fourth-order valence-electron chi connectivity index (χ4n) is 2.03. The summed E-state index contributed by atoms with van der Waals surface area (Å²) in [5.74, 6) is 0.449. The van der Waals surface area contributed by atoms with Crippen molar-refractivity contribution in [3.63, 3.8) is 0 Å². The first-order valence-electron chi connectivity index (χ1n) is 7.80. The van der Waals surface area contributed by atoms with Crippen molar-refractivity contribution in [1.29, 1.82) is 0 Å². The minimum absolute atomic E-state index is 0. The van der Waals surface area contributed by atoms with Crippen LogP contribution in [0.15, 0.2) is 40.1 Å². The predicted molar refractivity (Wildman–Crippen MR) is 110 cm³/mol. The summed E-state index contributed by atoms with van der Waals surface area (Å²) < 4.78 is 38.7. The lowest BCUT2D eigenvalue weighted by Crippen LogP contribution is -2.39. The fraction of sp³-hybridized carbons (Fsp3) is 0.375. The molecular weight excluding hydrogens is 478 g/mol. The molecule has 2 rings (SSSR count). The molecule has 0 unspecified atom stereocenters. The van der Waals surface area contributed by atoms with Gasteiger partial charge in [-0.15, -0.1) is 24.0 Å². The third-order valence-electron chi connectivity index (χ3n) is 3.17. The van der Waals surface area contributed by atoms with Crippen molar-refractivity contribution in [2.45, 2.75) is 19.6 Å². The molecule has 0 aliphatic rings. The number of rotatable bonds is 7. The Morgan fingerprint density at radius 3 is 2.69 bits per heavy atom. The molecule has 0 aliphatic heterocycles. The van der Waals surface area contributed by atoms with Gasteiger partial charge in [0.05, 0.1) is 12.1 Å². The molecule has 0 spiro atoms. The van der Waals surface area contributed by atoms with Gasteiger partial charge in [-0.2, -0.15) is 24.5 Å². The van der Waals surface area contributed by atoms with Crippen molar-refractivity contribution in [3.05, 3.63) is 46.3 Å². The number of guanidine groups is 1. The van der Waals surface area contributed by atoms with E-state index >= 15 is 0 Å². The van der Waals surface area contributed by atoms with Crippen LogP contribution in [0.3, 0.4) is 0 Å². The van der Waals surface area contributed by atoms with Gasteiger partial charge in [-0.25, -0.2) is 9.98 Å². The zero-order valence-corrected chi connectivity index (χ0v) is 17.3. The van der Waals surface area contributed by atoms with E-state index in [4.69, 9.17) is 0 Å². The van der Waals surface area contributed by atoms with Gasteiger partial charge in [-0.05, 0) is 41.4 Å². The van der Waals surface area contributed by atoms with Crippen molar-refractivity contribution >= 4 is 47.1 Å². The average molecular weight is 499 g/mol. The van der Waals surface area contributed by atoms with Crippen molar-refractivity contribution in [1.82, 2.24) is 15.6 Å². The first-order chi connectivity index (χ1) is 12.0.